The van der Waals surface area contributed by atoms with Crippen LogP contribution in [0.3, 0.4) is 0 Å². The normalized spacial score (nSPS) is 18.0. The van der Waals surface area contributed by atoms with Gasteiger partial charge in [0.25, 0.3) is 5.56 Å². The molecule has 1 saturated heterocycles. The molecule has 3 heterocycles. The van der Waals surface area contributed by atoms with Crippen LogP contribution in [0.25, 0.3) is 33.4 Å². The van der Waals surface area contributed by atoms with E-state index in [-0.39, 0.29) is 45.6 Å². The standard InChI is InChI=1S/C31H22N2O10/c34-14-26-23(37)12-27(43-26)33-13-16(29(38)32-31(33)41)3-1-15-2-6-19(30(39)40)22(9-15)28-20-7-4-17(35)10-24(20)42-25-11-18(36)5-8-21(25)28/h2,4-11,13,23,26-27,34-35,37H,12,14H2,(H,39,40)(H,32,38,41)/t23-,26+,27+/m0/s1. The lowest BCUT2D eigenvalue weighted by molar-refractivity contribution is -0.0459. The number of aromatic nitrogens is 2. The summed E-state index contributed by atoms with van der Waals surface area (Å²) in [5.41, 5.74) is -0.352. The molecular weight excluding hydrogens is 560 g/mol. The van der Waals surface area contributed by atoms with Crippen LogP contribution in [-0.4, -0.2) is 54.8 Å². The van der Waals surface area contributed by atoms with Gasteiger partial charge in [-0.05, 0) is 48.0 Å². The molecule has 1 aromatic heterocycles. The number of phenolic OH excluding ortho intramolecular Hbond substituents is 1. The minimum absolute atomic E-state index is 0.0148. The number of carboxylic acid groups (broad SMARTS) is 1. The van der Waals surface area contributed by atoms with Crippen molar-refractivity contribution < 1.29 is 34.4 Å². The average Bonchev–Trinajstić information content (AvgIpc) is 3.35. The second-order valence-corrected chi connectivity index (χ2v) is 9.96. The first-order chi connectivity index (χ1) is 20.6. The fraction of sp³-hybridized carbons (Fsp3) is 0.161. The van der Waals surface area contributed by atoms with Crippen molar-refractivity contribution in [1.82, 2.24) is 9.55 Å². The Morgan fingerprint density at radius 1 is 1.02 bits per heavy atom. The Balaban J connectivity index is 1.50. The van der Waals surface area contributed by atoms with E-state index in [4.69, 9.17) is 9.15 Å². The zero-order valence-corrected chi connectivity index (χ0v) is 22.1. The number of H-pyrrole nitrogens is 1. The lowest BCUT2D eigenvalue weighted by Gasteiger charge is -2.17. The van der Waals surface area contributed by atoms with Gasteiger partial charge in [-0.15, -0.1) is 0 Å². The number of aromatic hydroxyl groups is 1. The van der Waals surface area contributed by atoms with Crippen LogP contribution in [0.1, 0.15) is 34.1 Å². The molecule has 6 rings (SSSR count). The van der Waals surface area contributed by atoms with Crippen LogP contribution in [-0.2, 0) is 4.74 Å². The van der Waals surface area contributed by atoms with Crippen LogP contribution < -0.4 is 16.7 Å². The minimum atomic E-state index is -1.22. The number of aliphatic hydroxyl groups is 2. The van der Waals surface area contributed by atoms with Crippen LogP contribution in [0.15, 0.2) is 79.6 Å². The molecule has 3 aromatic rings. The Morgan fingerprint density at radius 3 is 2.58 bits per heavy atom. The molecule has 3 aliphatic rings. The number of fused-ring (bicyclic) bond motifs is 2. The maximum absolute atomic E-state index is 12.6. The summed E-state index contributed by atoms with van der Waals surface area (Å²) < 4.78 is 12.5. The van der Waals surface area contributed by atoms with Crippen molar-refractivity contribution >= 4 is 16.9 Å². The molecule has 216 valence electrons. The molecule has 5 N–H and O–H groups in total. The number of ether oxygens (including phenoxy) is 1. The Kier molecular flexibility index (Phi) is 6.91. The second-order valence-electron chi connectivity index (χ2n) is 9.96. The van der Waals surface area contributed by atoms with Gasteiger partial charge in [-0.25, -0.2) is 9.59 Å². The van der Waals surface area contributed by atoms with Gasteiger partial charge in [0.15, 0.2) is 5.43 Å². The number of nitrogens with zero attached hydrogens (tertiary/aromatic N) is 1. The van der Waals surface area contributed by atoms with Crippen molar-refractivity contribution in [3.05, 3.63) is 109 Å². The quantitative estimate of drug-likeness (QED) is 0.154. The van der Waals surface area contributed by atoms with E-state index >= 15 is 0 Å². The Morgan fingerprint density at radius 2 is 1.84 bits per heavy atom. The maximum Gasteiger partial charge on any atom is 0.336 e. The van der Waals surface area contributed by atoms with Gasteiger partial charge in [-0.2, -0.15) is 0 Å². The first-order valence-electron chi connectivity index (χ1n) is 13.0. The Hall–Kier alpha value is -5.48. The number of rotatable bonds is 4. The van der Waals surface area contributed by atoms with Crippen LogP contribution in [0.5, 0.6) is 5.75 Å². The minimum Gasteiger partial charge on any atom is -0.508 e. The summed E-state index contributed by atoms with van der Waals surface area (Å²) in [6.45, 7) is -0.448. The Labute approximate surface area is 241 Å². The van der Waals surface area contributed by atoms with E-state index in [1.807, 2.05) is 0 Å². The maximum atomic E-state index is 12.6. The number of hydrogen-bond donors (Lipinski definition) is 5. The van der Waals surface area contributed by atoms with Crippen LogP contribution in [0.4, 0.5) is 0 Å². The van der Waals surface area contributed by atoms with E-state index in [9.17, 15) is 39.6 Å². The molecule has 12 heteroatoms. The predicted molar refractivity (Wildman–Crippen MR) is 152 cm³/mol. The number of carbonyl (C=O) groups is 1. The molecule has 0 radical (unpaired) electrons. The van der Waals surface area contributed by atoms with Gasteiger partial charge in [-0.1, -0.05) is 11.8 Å². The number of phenols is 1. The summed E-state index contributed by atoms with van der Waals surface area (Å²) in [4.78, 5) is 51.6. The number of nitrogens with one attached hydrogen (secondary N) is 1. The zero-order chi connectivity index (χ0) is 30.4. The third-order valence-electron chi connectivity index (χ3n) is 7.20. The highest BCUT2D eigenvalue weighted by Gasteiger charge is 2.35. The molecule has 0 saturated carbocycles. The number of aliphatic hydroxyl groups excluding tert-OH is 2. The molecule has 1 fully saturated rings. The van der Waals surface area contributed by atoms with Crippen molar-refractivity contribution in [3.8, 4) is 40.0 Å². The largest absolute Gasteiger partial charge is 0.508 e. The molecule has 1 aliphatic carbocycles. The SMILES string of the molecule is O=C(O)c1ccc(C#Cc2cn([C@H]3C[C@H](O)[C@@H](CO)O3)c(=O)[nH]c2=O)cc1-c1c2ccc(=O)cc-2oc2cc(O)ccc12. The van der Waals surface area contributed by atoms with Gasteiger partial charge in [0.2, 0.25) is 0 Å². The molecule has 3 atom stereocenters. The van der Waals surface area contributed by atoms with Gasteiger partial charge in [0, 0.05) is 46.8 Å². The van der Waals surface area contributed by atoms with E-state index in [0.29, 0.717) is 22.1 Å². The van der Waals surface area contributed by atoms with Gasteiger partial charge in [0.05, 0.1) is 18.3 Å². The third-order valence-corrected chi connectivity index (χ3v) is 7.20. The molecule has 0 unspecified atom stereocenters. The monoisotopic (exact) mass is 582 g/mol. The highest BCUT2D eigenvalue weighted by atomic mass is 16.5. The van der Waals surface area contributed by atoms with E-state index in [0.717, 1.165) is 4.57 Å². The van der Waals surface area contributed by atoms with E-state index in [1.165, 1.54) is 54.7 Å². The summed E-state index contributed by atoms with van der Waals surface area (Å²) in [6.07, 6.45) is -1.60. The van der Waals surface area contributed by atoms with Gasteiger partial charge in [-0.3, -0.25) is 19.1 Å². The first kappa shape index (κ1) is 27.7. The highest BCUT2D eigenvalue weighted by Crippen LogP contribution is 2.42. The van der Waals surface area contributed by atoms with Crippen molar-refractivity contribution in [3.63, 3.8) is 0 Å². The lowest BCUT2D eigenvalue weighted by atomic mass is 9.89. The van der Waals surface area contributed by atoms with Crippen molar-refractivity contribution in [2.24, 2.45) is 0 Å². The number of carboxylic acids is 1. The second kappa shape index (κ2) is 10.7. The van der Waals surface area contributed by atoms with E-state index in [1.54, 1.807) is 6.07 Å². The van der Waals surface area contributed by atoms with E-state index in [2.05, 4.69) is 16.8 Å². The molecule has 0 bridgehead atoms. The first-order valence-corrected chi connectivity index (χ1v) is 13.0. The van der Waals surface area contributed by atoms with Crippen molar-refractivity contribution in [1.29, 1.82) is 0 Å². The number of aromatic amines is 1. The summed E-state index contributed by atoms with van der Waals surface area (Å²) in [5.74, 6) is 4.42. The van der Waals surface area contributed by atoms with Gasteiger partial charge >= 0.3 is 11.7 Å². The molecule has 12 nitrogen and oxygen atoms in total. The van der Waals surface area contributed by atoms with Gasteiger partial charge in [0.1, 0.15) is 35.0 Å². The molecule has 0 spiro atoms. The smallest absolute Gasteiger partial charge is 0.336 e. The summed E-state index contributed by atoms with van der Waals surface area (Å²) in [5, 5.41) is 40.0. The number of benzene rings is 3. The molecule has 2 aromatic carbocycles. The molecule has 43 heavy (non-hydrogen) atoms. The molecule has 0 amide bonds. The summed E-state index contributed by atoms with van der Waals surface area (Å²) >= 11 is 0. The lowest BCUT2D eigenvalue weighted by Crippen LogP contribution is -2.33. The zero-order valence-electron chi connectivity index (χ0n) is 22.1. The summed E-state index contributed by atoms with van der Waals surface area (Å²) in [6, 6.07) is 12.8. The number of aromatic carboxylic acids is 1. The third kappa shape index (κ3) is 5.08. The highest BCUT2D eigenvalue weighted by molar-refractivity contribution is 6.07. The van der Waals surface area contributed by atoms with Crippen LogP contribution >= 0.6 is 0 Å². The van der Waals surface area contributed by atoms with Crippen molar-refractivity contribution in [2.75, 3.05) is 6.61 Å². The predicted octanol–water partition coefficient (Wildman–Crippen LogP) is 1.86. The van der Waals surface area contributed by atoms with Gasteiger partial charge < -0.3 is 29.6 Å². The molecule has 2 aliphatic heterocycles. The Bertz CT molecular complexity index is 2130. The molecular formula is C31H22N2O10. The van der Waals surface area contributed by atoms with E-state index < -0.39 is 42.3 Å². The fourth-order valence-electron chi connectivity index (χ4n) is 5.14. The van der Waals surface area contributed by atoms with Crippen molar-refractivity contribution in [2.45, 2.75) is 24.9 Å². The van der Waals surface area contributed by atoms with Crippen LogP contribution in [0, 0.1) is 11.8 Å². The van der Waals surface area contributed by atoms with Crippen LogP contribution in [0.2, 0.25) is 0 Å². The summed E-state index contributed by atoms with van der Waals surface area (Å²) in [7, 11) is 0. The fourth-order valence-corrected chi connectivity index (χ4v) is 5.14. The topological polar surface area (TPSA) is 192 Å². The number of hydrogen-bond acceptors (Lipinski definition) is 9. The average molecular weight is 583 g/mol.